The molecule has 1 N–H and O–H groups in total. The molecule has 84 valence electrons. The molecule has 2 atom stereocenters. The first-order valence-corrected chi connectivity index (χ1v) is 5.70. The summed E-state index contributed by atoms with van der Waals surface area (Å²) < 4.78 is 5.17. The predicted molar refractivity (Wildman–Crippen MR) is 57.4 cm³/mol. The summed E-state index contributed by atoms with van der Waals surface area (Å²) in [6.07, 6.45) is 1.21. The van der Waals surface area contributed by atoms with Gasteiger partial charge in [-0.3, -0.25) is 0 Å². The lowest BCUT2D eigenvalue weighted by Gasteiger charge is -2.03. The van der Waals surface area contributed by atoms with Gasteiger partial charge in [-0.1, -0.05) is 25.9 Å². The number of aromatic nitrogens is 2. The summed E-state index contributed by atoms with van der Waals surface area (Å²) >= 11 is 0. The highest BCUT2D eigenvalue weighted by Crippen LogP contribution is 2.45. The Morgan fingerprint density at radius 1 is 1.53 bits per heavy atom. The van der Waals surface area contributed by atoms with Crippen molar-refractivity contribution in [2.24, 2.45) is 11.8 Å². The molecule has 0 radical (unpaired) electrons. The molecule has 1 fully saturated rings. The Morgan fingerprint density at radius 2 is 2.27 bits per heavy atom. The van der Waals surface area contributed by atoms with E-state index in [1.54, 1.807) is 0 Å². The zero-order valence-corrected chi connectivity index (χ0v) is 9.66. The molecule has 0 saturated heterocycles. The number of rotatable bonds is 5. The molecular formula is C11H19N3O. The zero-order valence-electron chi connectivity index (χ0n) is 9.66. The van der Waals surface area contributed by atoms with Crippen molar-refractivity contribution >= 4 is 0 Å². The lowest BCUT2D eigenvalue weighted by molar-refractivity contribution is 0.359. The SMILES string of the molecule is CC(C)CNCc1nc(C2CC2C)no1. The van der Waals surface area contributed by atoms with E-state index in [4.69, 9.17) is 4.52 Å². The molecule has 1 aliphatic carbocycles. The molecule has 1 aromatic rings. The van der Waals surface area contributed by atoms with Gasteiger partial charge in [-0.2, -0.15) is 4.98 Å². The molecule has 0 amide bonds. The summed E-state index contributed by atoms with van der Waals surface area (Å²) in [5.41, 5.74) is 0. The van der Waals surface area contributed by atoms with Crippen molar-refractivity contribution in [3.8, 4) is 0 Å². The van der Waals surface area contributed by atoms with Crippen molar-refractivity contribution in [2.75, 3.05) is 6.54 Å². The van der Waals surface area contributed by atoms with Crippen molar-refractivity contribution < 1.29 is 4.52 Å². The van der Waals surface area contributed by atoms with Crippen LogP contribution in [0.3, 0.4) is 0 Å². The van der Waals surface area contributed by atoms with E-state index in [1.807, 2.05) is 0 Å². The van der Waals surface area contributed by atoms with Crippen LogP contribution in [0.2, 0.25) is 0 Å². The van der Waals surface area contributed by atoms with Crippen LogP contribution in [0.25, 0.3) is 0 Å². The maximum Gasteiger partial charge on any atom is 0.240 e. The van der Waals surface area contributed by atoms with Gasteiger partial charge in [-0.15, -0.1) is 0 Å². The largest absolute Gasteiger partial charge is 0.338 e. The van der Waals surface area contributed by atoms with Crippen LogP contribution in [0.4, 0.5) is 0 Å². The normalized spacial score (nSPS) is 24.8. The van der Waals surface area contributed by atoms with E-state index in [0.29, 0.717) is 24.3 Å². The molecular weight excluding hydrogens is 190 g/mol. The molecule has 4 nitrogen and oxygen atoms in total. The van der Waals surface area contributed by atoms with Gasteiger partial charge < -0.3 is 9.84 Å². The van der Waals surface area contributed by atoms with E-state index < -0.39 is 0 Å². The van der Waals surface area contributed by atoms with E-state index >= 15 is 0 Å². The second kappa shape index (κ2) is 4.31. The first-order valence-electron chi connectivity index (χ1n) is 5.70. The van der Waals surface area contributed by atoms with Crippen LogP contribution in [0.5, 0.6) is 0 Å². The van der Waals surface area contributed by atoms with E-state index in [9.17, 15) is 0 Å². The fourth-order valence-electron chi connectivity index (χ4n) is 1.64. The maximum absolute atomic E-state index is 5.17. The van der Waals surface area contributed by atoms with Crippen LogP contribution < -0.4 is 5.32 Å². The lowest BCUT2D eigenvalue weighted by atomic mass is 10.2. The second-order valence-corrected chi connectivity index (χ2v) is 4.89. The van der Waals surface area contributed by atoms with Gasteiger partial charge in [0.2, 0.25) is 5.89 Å². The van der Waals surface area contributed by atoms with Crippen LogP contribution in [0, 0.1) is 11.8 Å². The van der Waals surface area contributed by atoms with E-state index in [2.05, 4.69) is 36.2 Å². The molecule has 15 heavy (non-hydrogen) atoms. The van der Waals surface area contributed by atoms with Crippen LogP contribution in [0.1, 0.15) is 44.8 Å². The molecule has 2 rings (SSSR count). The summed E-state index contributed by atoms with van der Waals surface area (Å²) in [5.74, 6) is 3.54. The molecule has 4 heteroatoms. The van der Waals surface area contributed by atoms with E-state index in [-0.39, 0.29) is 0 Å². The standard InChI is InChI=1S/C11H19N3O/c1-7(2)5-12-6-10-13-11(14-15-10)9-4-8(9)3/h7-9,12H,4-6H2,1-3H3. The van der Waals surface area contributed by atoms with Gasteiger partial charge in [-0.25, -0.2) is 0 Å². The highest BCUT2D eigenvalue weighted by atomic mass is 16.5. The highest BCUT2D eigenvalue weighted by molar-refractivity contribution is 5.07. The average molecular weight is 209 g/mol. The van der Waals surface area contributed by atoms with Gasteiger partial charge in [-0.05, 0) is 24.8 Å². The minimum atomic E-state index is 0.549. The summed E-state index contributed by atoms with van der Waals surface area (Å²) in [5, 5.41) is 7.29. The number of nitrogens with zero attached hydrogens (tertiary/aromatic N) is 2. The van der Waals surface area contributed by atoms with Gasteiger partial charge in [0.05, 0.1) is 6.54 Å². The van der Waals surface area contributed by atoms with Gasteiger partial charge in [0.25, 0.3) is 0 Å². The zero-order chi connectivity index (χ0) is 10.8. The van der Waals surface area contributed by atoms with Crippen molar-refractivity contribution in [2.45, 2.75) is 39.7 Å². The molecule has 1 heterocycles. The van der Waals surface area contributed by atoms with Crippen LogP contribution >= 0.6 is 0 Å². The quantitative estimate of drug-likeness (QED) is 0.805. The smallest absolute Gasteiger partial charge is 0.240 e. The minimum Gasteiger partial charge on any atom is -0.338 e. The van der Waals surface area contributed by atoms with E-state index in [0.717, 1.165) is 18.3 Å². The van der Waals surface area contributed by atoms with Crippen molar-refractivity contribution in [1.29, 1.82) is 0 Å². The number of hydrogen-bond donors (Lipinski definition) is 1. The molecule has 1 saturated carbocycles. The molecule has 0 aromatic carbocycles. The summed E-state index contributed by atoms with van der Waals surface area (Å²) in [4.78, 5) is 4.38. The van der Waals surface area contributed by atoms with Crippen molar-refractivity contribution in [1.82, 2.24) is 15.5 Å². The molecule has 2 unspecified atom stereocenters. The lowest BCUT2D eigenvalue weighted by Crippen LogP contribution is -2.19. The Morgan fingerprint density at radius 3 is 2.87 bits per heavy atom. The third-order valence-electron chi connectivity index (χ3n) is 2.75. The highest BCUT2D eigenvalue weighted by Gasteiger charge is 2.37. The molecule has 1 aromatic heterocycles. The third kappa shape index (κ3) is 2.78. The Kier molecular flexibility index (Phi) is 3.05. The molecule has 0 spiro atoms. The maximum atomic E-state index is 5.17. The monoisotopic (exact) mass is 209 g/mol. The number of nitrogens with one attached hydrogen (secondary N) is 1. The first-order chi connectivity index (χ1) is 7.16. The van der Waals surface area contributed by atoms with Gasteiger partial charge in [0.1, 0.15) is 0 Å². The molecule has 0 aliphatic heterocycles. The molecule has 0 bridgehead atoms. The van der Waals surface area contributed by atoms with Crippen molar-refractivity contribution in [3.63, 3.8) is 0 Å². The Bertz CT molecular complexity index is 321. The predicted octanol–water partition coefficient (Wildman–Crippen LogP) is 1.94. The fraction of sp³-hybridized carbons (Fsp3) is 0.818. The summed E-state index contributed by atoms with van der Waals surface area (Å²) in [6, 6.07) is 0. The van der Waals surface area contributed by atoms with Crippen molar-refractivity contribution in [3.05, 3.63) is 11.7 Å². The summed E-state index contributed by atoms with van der Waals surface area (Å²) in [7, 11) is 0. The van der Waals surface area contributed by atoms with E-state index in [1.165, 1.54) is 6.42 Å². The Labute approximate surface area is 90.4 Å². The molecule has 1 aliphatic rings. The number of hydrogen-bond acceptors (Lipinski definition) is 4. The van der Waals surface area contributed by atoms with Crippen LogP contribution in [0.15, 0.2) is 4.52 Å². The average Bonchev–Trinajstić information content (AvgIpc) is 2.73. The summed E-state index contributed by atoms with van der Waals surface area (Å²) in [6.45, 7) is 8.25. The Hall–Kier alpha value is -0.900. The van der Waals surface area contributed by atoms with Gasteiger partial charge >= 0.3 is 0 Å². The minimum absolute atomic E-state index is 0.549. The third-order valence-corrected chi connectivity index (χ3v) is 2.75. The van der Waals surface area contributed by atoms with Crippen LogP contribution in [-0.2, 0) is 6.54 Å². The first kappa shape index (κ1) is 10.6. The van der Waals surface area contributed by atoms with Gasteiger partial charge in [0, 0.05) is 5.92 Å². The van der Waals surface area contributed by atoms with Crippen LogP contribution in [-0.4, -0.2) is 16.7 Å². The van der Waals surface area contributed by atoms with Gasteiger partial charge in [0.15, 0.2) is 5.82 Å². The second-order valence-electron chi connectivity index (χ2n) is 4.89. The Balaban J connectivity index is 1.80. The topological polar surface area (TPSA) is 51.0 Å². The fourth-order valence-corrected chi connectivity index (χ4v) is 1.64.